The van der Waals surface area contributed by atoms with Gasteiger partial charge in [-0.15, -0.1) is 0 Å². The molecule has 3 fully saturated rings. The van der Waals surface area contributed by atoms with Crippen molar-refractivity contribution in [1.82, 2.24) is 29.7 Å². The molecule has 42 heavy (non-hydrogen) atoms. The van der Waals surface area contributed by atoms with Gasteiger partial charge in [0.2, 0.25) is 11.9 Å². The van der Waals surface area contributed by atoms with Crippen LogP contribution in [0.1, 0.15) is 50.8 Å². The third-order valence-electron chi connectivity index (χ3n) is 8.40. The summed E-state index contributed by atoms with van der Waals surface area (Å²) in [6.45, 7) is 3.65. The van der Waals surface area contributed by atoms with E-state index in [1.165, 1.54) is 17.4 Å². The zero-order valence-corrected chi connectivity index (χ0v) is 24.4. The highest BCUT2D eigenvalue weighted by Crippen LogP contribution is 2.36. The quantitative estimate of drug-likeness (QED) is 0.386. The lowest BCUT2D eigenvalue weighted by Crippen LogP contribution is -2.46. The molecular weight excluding hydrogens is 542 g/mol. The van der Waals surface area contributed by atoms with Crippen molar-refractivity contribution in [2.75, 3.05) is 63.3 Å². The van der Waals surface area contributed by atoms with E-state index in [-0.39, 0.29) is 23.8 Å². The summed E-state index contributed by atoms with van der Waals surface area (Å²) in [5.41, 5.74) is 1.10. The van der Waals surface area contributed by atoms with Crippen LogP contribution in [-0.2, 0) is 9.53 Å². The summed E-state index contributed by atoms with van der Waals surface area (Å²) in [4.78, 5) is 32.9. The van der Waals surface area contributed by atoms with Crippen LogP contribution in [0.5, 0.6) is 0 Å². The van der Waals surface area contributed by atoms with Crippen molar-refractivity contribution in [3.8, 4) is 5.82 Å². The molecule has 1 saturated heterocycles. The summed E-state index contributed by atoms with van der Waals surface area (Å²) in [5.74, 6) is 2.00. The number of nitrogens with one attached hydrogen (secondary N) is 1. The number of ether oxygens (including phenoxy) is 1. The Morgan fingerprint density at radius 2 is 1.79 bits per heavy atom. The Bertz CT molecular complexity index is 1380. The fourth-order valence-electron chi connectivity index (χ4n) is 6.11. The van der Waals surface area contributed by atoms with Crippen LogP contribution >= 0.6 is 0 Å². The van der Waals surface area contributed by atoms with Gasteiger partial charge in [0.15, 0.2) is 5.82 Å². The number of aromatic nitrogens is 4. The van der Waals surface area contributed by atoms with Crippen LogP contribution < -0.4 is 15.1 Å². The molecule has 1 amide bonds. The lowest BCUT2D eigenvalue weighted by molar-refractivity contribution is -0.122. The van der Waals surface area contributed by atoms with Gasteiger partial charge in [0, 0.05) is 37.8 Å². The van der Waals surface area contributed by atoms with Crippen molar-refractivity contribution in [2.24, 2.45) is 5.92 Å². The number of likely N-dealkylation sites (N-methyl/N-ethyl adjacent to an activating group) is 1. The molecule has 3 aliphatic rings. The van der Waals surface area contributed by atoms with E-state index in [4.69, 9.17) is 14.7 Å². The molecule has 0 spiro atoms. The van der Waals surface area contributed by atoms with E-state index >= 15 is 0 Å². The summed E-state index contributed by atoms with van der Waals surface area (Å²) in [6, 6.07) is 9.44. The van der Waals surface area contributed by atoms with Crippen LogP contribution in [0.4, 0.5) is 20.5 Å². The number of imidazole rings is 1. The highest BCUT2D eigenvalue weighted by atomic mass is 19.3. The molecule has 3 aromatic rings. The Labute approximate surface area is 245 Å². The predicted molar refractivity (Wildman–Crippen MR) is 157 cm³/mol. The van der Waals surface area contributed by atoms with Crippen molar-refractivity contribution < 1.29 is 18.3 Å². The minimum absolute atomic E-state index is 0.0521. The van der Waals surface area contributed by atoms with Crippen LogP contribution in [0.3, 0.4) is 0 Å². The zero-order valence-electron chi connectivity index (χ0n) is 24.4. The van der Waals surface area contributed by atoms with E-state index < -0.39 is 6.43 Å². The first-order valence-corrected chi connectivity index (χ1v) is 15.0. The van der Waals surface area contributed by atoms with E-state index in [0.717, 1.165) is 38.0 Å². The summed E-state index contributed by atoms with van der Waals surface area (Å²) in [5, 5.41) is 3.19. The molecule has 0 bridgehead atoms. The largest absolute Gasteiger partial charge is 0.378 e. The molecule has 0 unspecified atom stereocenters. The smallest absolute Gasteiger partial charge is 0.296 e. The van der Waals surface area contributed by atoms with Gasteiger partial charge in [0.05, 0.1) is 30.8 Å². The first-order chi connectivity index (χ1) is 20.4. The topological polar surface area (TPSA) is 91.7 Å². The minimum atomic E-state index is -2.76. The number of hydrogen-bond acceptors (Lipinski definition) is 8. The maximum absolute atomic E-state index is 14.3. The Balaban J connectivity index is 1.35. The monoisotopic (exact) mass is 582 g/mol. The molecule has 0 atom stereocenters. The molecule has 1 aliphatic heterocycles. The van der Waals surface area contributed by atoms with Gasteiger partial charge in [0.1, 0.15) is 11.6 Å². The van der Waals surface area contributed by atoms with Crippen molar-refractivity contribution in [2.45, 2.75) is 57.0 Å². The van der Waals surface area contributed by atoms with E-state index in [1.807, 2.05) is 31.1 Å². The number of halogens is 2. The third-order valence-corrected chi connectivity index (χ3v) is 8.40. The number of fused-ring (bicyclic) bond motifs is 1. The van der Waals surface area contributed by atoms with Crippen molar-refractivity contribution in [3.63, 3.8) is 0 Å². The van der Waals surface area contributed by atoms with Crippen molar-refractivity contribution >= 4 is 28.7 Å². The predicted octanol–water partition coefficient (Wildman–Crippen LogP) is 3.80. The maximum Gasteiger partial charge on any atom is 0.296 e. The van der Waals surface area contributed by atoms with Crippen LogP contribution in [-0.4, -0.2) is 95.9 Å². The maximum atomic E-state index is 14.3. The molecule has 10 nitrogen and oxygen atoms in total. The summed E-state index contributed by atoms with van der Waals surface area (Å²) in [6.07, 6.45) is 3.22. The molecular formula is C30H40F2N8O2. The third kappa shape index (κ3) is 6.49. The van der Waals surface area contributed by atoms with E-state index in [0.29, 0.717) is 61.6 Å². The lowest BCUT2D eigenvalue weighted by Gasteiger charge is -2.38. The number of nitrogens with zero attached hydrogens (tertiary/aromatic N) is 7. The Morgan fingerprint density at radius 1 is 1.05 bits per heavy atom. The molecule has 2 aliphatic carbocycles. The second kappa shape index (κ2) is 12.5. The van der Waals surface area contributed by atoms with Gasteiger partial charge in [0.25, 0.3) is 6.43 Å². The van der Waals surface area contributed by atoms with Crippen LogP contribution in [0.15, 0.2) is 30.3 Å². The molecule has 2 aromatic heterocycles. The highest BCUT2D eigenvalue weighted by molar-refractivity contribution is 5.79. The Kier molecular flexibility index (Phi) is 8.53. The Hall–Kier alpha value is -3.38. The number of anilines is 2. The van der Waals surface area contributed by atoms with Gasteiger partial charge in [-0.1, -0.05) is 12.1 Å². The van der Waals surface area contributed by atoms with Gasteiger partial charge in [-0.05, 0) is 70.7 Å². The molecule has 0 radical (unpaired) electrons. The molecule has 12 heteroatoms. The Morgan fingerprint density at radius 3 is 2.48 bits per heavy atom. The van der Waals surface area contributed by atoms with Crippen molar-refractivity contribution in [3.05, 3.63) is 36.2 Å². The fraction of sp³-hybridized carbons (Fsp3) is 0.600. The number of morpholine rings is 1. The van der Waals surface area contributed by atoms with Gasteiger partial charge < -0.3 is 24.8 Å². The summed E-state index contributed by atoms with van der Waals surface area (Å²) < 4.78 is 35.7. The number of hydrogen-bond donors (Lipinski definition) is 1. The van der Waals surface area contributed by atoms with Gasteiger partial charge >= 0.3 is 0 Å². The molecule has 1 N–H and O–H groups in total. The van der Waals surface area contributed by atoms with Crippen LogP contribution in [0, 0.1) is 5.92 Å². The summed E-state index contributed by atoms with van der Waals surface area (Å²) >= 11 is 0. The molecule has 226 valence electrons. The average Bonchev–Trinajstić information content (AvgIpc) is 3.72. The van der Waals surface area contributed by atoms with Crippen molar-refractivity contribution in [1.29, 1.82) is 0 Å². The van der Waals surface area contributed by atoms with E-state index in [9.17, 15) is 13.6 Å². The van der Waals surface area contributed by atoms with E-state index in [1.54, 1.807) is 18.2 Å². The van der Waals surface area contributed by atoms with Crippen LogP contribution in [0.25, 0.3) is 16.9 Å². The number of carbonyl (C=O) groups excluding carboxylic acids is 1. The lowest BCUT2D eigenvalue weighted by atomic mass is 9.89. The molecule has 6 rings (SSSR count). The second-order valence-corrected chi connectivity index (χ2v) is 12.0. The normalized spacial score (nSPS) is 21.3. The first kappa shape index (κ1) is 28.7. The molecule has 3 heterocycles. The number of rotatable bonds is 10. The van der Waals surface area contributed by atoms with Crippen LogP contribution in [0.2, 0.25) is 0 Å². The van der Waals surface area contributed by atoms with E-state index in [2.05, 4.69) is 20.1 Å². The van der Waals surface area contributed by atoms with Gasteiger partial charge in [-0.3, -0.25) is 9.36 Å². The molecule has 2 saturated carbocycles. The average molecular weight is 583 g/mol. The second-order valence-electron chi connectivity index (χ2n) is 12.0. The number of amides is 1. The first-order valence-electron chi connectivity index (χ1n) is 15.0. The fourth-order valence-corrected chi connectivity index (χ4v) is 6.11. The minimum Gasteiger partial charge on any atom is -0.378 e. The number of para-hydroxylation sites is 2. The zero-order chi connectivity index (χ0) is 29.2. The van der Waals surface area contributed by atoms with Gasteiger partial charge in [-0.25, -0.2) is 13.8 Å². The highest BCUT2D eigenvalue weighted by Gasteiger charge is 2.33. The number of carbonyl (C=O) groups is 1. The summed E-state index contributed by atoms with van der Waals surface area (Å²) in [7, 11) is 3.79. The number of benzene rings is 1. The SMILES string of the molecule is CN(C)CC(=O)N[C@H]1CC[C@H](N(CC2CC2)c2cc(-n3c(C(F)F)nc4ccccc43)nc(N3CCOCC3)n2)CC1. The molecule has 1 aromatic carbocycles. The number of alkyl halides is 2. The van der Waals surface area contributed by atoms with Gasteiger partial charge in [-0.2, -0.15) is 9.97 Å². The standard InChI is InChI=1S/C30H40F2N8O2/c1-37(2)19-27(41)33-21-9-11-22(12-10-21)39(18-20-7-8-20)25-17-26(36-30(35-25)38-13-15-42-16-14-38)40-24-6-4-3-5-23(24)34-29(40)28(31)32/h3-6,17,20-22,28H,7-16,18-19H2,1-2H3,(H,33,41)/t21-,22-.